The summed E-state index contributed by atoms with van der Waals surface area (Å²) in [7, 11) is 3.07. The van der Waals surface area contributed by atoms with Crippen molar-refractivity contribution in [3.8, 4) is 23.0 Å². The van der Waals surface area contributed by atoms with E-state index in [1.807, 2.05) is 12.1 Å². The lowest BCUT2D eigenvalue weighted by Crippen LogP contribution is -2.58. The molecule has 0 saturated carbocycles. The van der Waals surface area contributed by atoms with Crippen LogP contribution in [0, 0.1) is 0 Å². The fraction of sp³-hybridized carbons (Fsp3) is 0.419. The van der Waals surface area contributed by atoms with Crippen molar-refractivity contribution in [3.05, 3.63) is 64.5 Å². The first kappa shape index (κ1) is 31.0. The van der Waals surface area contributed by atoms with Crippen molar-refractivity contribution in [2.75, 3.05) is 33.9 Å². The van der Waals surface area contributed by atoms with Crippen LogP contribution < -0.4 is 29.6 Å². The van der Waals surface area contributed by atoms with E-state index in [-0.39, 0.29) is 48.9 Å². The molecule has 0 radical (unpaired) electrons. The highest BCUT2D eigenvalue weighted by molar-refractivity contribution is 6.29. The van der Waals surface area contributed by atoms with Crippen molar-refractivity contribution in [1.29, 1.82) is 0 Å². The molecule has 2 atom stereocenters. The summed E-state index contributed by atoms with van der Waals surface area (Å²) in [6.07, 6.45) is 1.33. The zero-order valence-corrected chi connectivity index (χ0v) is 25.4. The van der Waals surface area contributed by atoms with Crippen LogP contribution in [0.5, 0.6) is 23.0 Å². The minimum absolute atomic E-state index is 0.0911. The van der Waals surface area contributed by atoms with E-state index in [2.05, 4.69) is 15.8 Å². The van der Waals surface area contributed by atoms with E-state index in [4.69, 9.17) is 35.1 Å². The fourth-order valence-corrected chi connectivity index (χ4v) is 5.43. The number of aromatic nitrogens is 1. The van der Waals surface area contributed by atoms with Gasteiger partial charge in [0.15, 0.2) is 23.3 Å². The van der Waals surface area contributed by atoms with Gasteiger partial charge in [0.05, 0.1) is 20.3 Å². The summed E-state index contributed by atoms with van der Waals surface area (Å²) in [4.78, 5) is 40.6. The predicted molar refractivity (Wildman–Crippen MR) is 159 cm³/mol. The number of nitrogens with zero attached hydrogens (tertiary/aromatic N) is 2. The van der Waals surface area contributed by atoms with Crippen molar-refractivity contribution in [1.82, 2.24) is 20.7 Å². The number of carbonyl (C=O) groups excluding carboxylic acids is 3. The second-order valence-electron chi connectivity index (χ2n) is 10.6. The quantitative estimate of drug-likeness (QED) is 0.437. The standard InChI is InChI=1S/C31H35ClN4O8/c1-40-25-8-3-19-4-9-29(37)33-16-20-5-6-21(14-26(20)41-2)43-24-11-12-36(31(39)10-7-22-15-28(32)35-44-22)17-23(24)34-30(38)18-42-27(25)13-19/h3,5-6,8,13-15,23-24H,4,7,9-12,16-18H2,1-2H3,(H,33,37)(H,34,38)/t23-,24+/m1/s1. The molecule has 2 N–H and O–H groups in total. The van der Waals surface area contributed by atoms with E-state index in [9.17, 15) is 14.4 Å². The minimum Gasteiger partial charge on any atom is -0.496 e. The number of amides is 3. The van der Waals surface area contributed by atoms with Gasteiger partial charge in [-0.15, -0.1) is 0 Å². The van der Waals surface area contributed by atoms with Crippen LogP contribution in [0.15, 0.2) is 47.0 Å². The molecule has 4 heterocycles. The summed E-state index contributed by atoms with van der Waals surface area (Å²) >= 11 is 5.83. The number of methoxy groups -OCH3 is 2. The van der Waals surface area contributed by atoms with Crippen LogP contribution in [0.1, 0.15) is 36.1 Å². The summed E-state index contributed by atoms with van der Waals surface area (Å²) in [5.41, 5.74) is 1.66. The molecular weight excluding hydrogens is 592 g/mol. The van der Waals surface area contributed by atoms with Crippen LogP contribution in [0.2, 0.25) is 5.15 Å². The number of hydrogen-bond acceptors (Lipinski definition) is 9. The maximum atomic E-state index is 13.2. The maximum absolute atomic E-state index is 13.2. The molecule has 0 unspecified atom stereocenters. The minimum atomic E-state index is -0.524. The van der Waals surface area contributed by atoms with Crippen molar-refractivity contribution < 1.29 is 37.9 Å². The van der Waals surface area contributed by atoms with E-state index in [1.54, 1.807) is 42.3 Å². The Kier molecular flexibility index (Phi) is 10.1. The lowest BCUT2D eigenvalue weighted by Gasteiger charge is -2.39. The molecule has 6 rings (SSSR count). The third kappa shape index (κ3) is 7.93. The Morgan fingerprint density at radius 2 is 1.91 bits per heavy atom. The number of aryl methyl sites for hydroxylation is 2. The summed E-state index contributed by atoms with van der Waals surface area (Å²) < 4.78 is 28.3. The molecule has 1 saturated heterocycles. The Hall–Kier alpha value is -4.45. The molecular formula is C31H35ClN4O8. The topological polar surface area (TPSA) is 141 Å². The molecule has 3 aromatic rings. The molecule has 4 bridgehead atoms. The molecule has 44 heavy (non-hydrogen) atoms. The van der Waals surface area contributed by atoms with Gasteiger partial charge in [0.2, 0.25) is 11.8 Å². The SMILES string of the molecule is COc1cc2ccc1CNC(=O)CCc1ccc(OC)c(c1)OCC(=O)N[C@@H]1CN(C(=O)CCc3cc(Cl)no3)CC[C@@H]1O2. The number of nitrogens with one attached hydrogen (secondary N) is 2. The van der Waals surface area contributed by atoms with Gasteiger partial charge in [-0.1, -0.05) is 22.8 Å². The molecule has 3 aliphatic rings. The lowest BCUT2D eigenvalue weighted by molar-refractivity contribution is -0.135. The first-order valence-electron chi connectivity index (χ1n) is 14.4. The van der Waals surface area contributed by atoms with Gasteiger partial charge in [0.1, 0.15) is 23.4 Å². The van der Waals surface area contributed by atoms with Crippen molar-refractivity contribution in [3.63, 3.8) is 0 Å². The van der Waals surface area contributed by atoms with Gasteiger partial charge in [0.25, 0.3) is 5.91 Å². The number of ether oxygens (including phenoxy) is 4. The summed E-state index contributed by atoms with van der Waals surface area (Å²) in [6.45, 7) is 0.687. The summed E-state index contributed by atoms with van der Waals surface area (Å²) in [6, 6.07) is 11.8. The van der Waals surface area contributed by atoms with E-state index >= 15 is 0 Å². The van der Waals surface area contributed by atoms with Gasteiger partial charge < -0.3 is 39.0 Å². The highest BCUT2D eigenvalue weighted by atomic mass is 35.5. The molecule has 0 aliphatic carbocycles. The molecule has 1 fully saturated rings. The van der Waals surface area contributed by atoms with E-state index in [0.29, 0.717) is 61.1 Å². The van der Waals surface area contributed by atoms with Gasteiger partial charge >= 0.3 is 0 Å². The summed E-state index contributed by atoms with van der Waals surface area (Å²) in [5, 5.41) is 9.84. The number of fused-ring (bicyclic) bond motifs is 9. The van der Waals surface area contributed by atoms with E-state index < -0.39 is 12.1 Å². The smallest absolute Gasteiger partial charge is 0.258 e. The van der Waals surface area contributed by atoms with Crippen LogP contribution in [0.4, 0.5) is 0 Å². The van der Waals surface area contributed by atoms with Crippen molar-refractivity contribution >= 4 is 29.3 Å². The molecule has 0 spiro atoms. The van der Waals surface area contributed by atoms with Crippen molar-refractivity contribution in [2.24, 2.45) is 0 Å². The highest BCUT2D eigenvalue weighted by Crippen LogP contribution is 2.30. The number of rotatable bonds is 5. The third-order valence-electron chi connectivity index (χ3n) is 7.61. The number of benzene rings is 2. The van der Waals surface area contributed by atoms with E-state index in [1.165, 1.54) is 7.11 Å². The Labute approximate surface area is 259 Å². The van der Waals surface area contributed by atoms with Crippen molar-refractivity contribution in [2.45, 2.75) is 50.8 Å². The molecule has 13 heteroatoms. The Bertz CT molecular complexity index is 1500. The largest absolute Gasteiger partial charge is 0.496 e. The van der Waals surface area contributed by atoms with Gasteiger partial charge in [0, 0.05) is 63.0 Å². The average Bonchev–Trinajstić information content (AvgIpc) is 3.46. The molecule has 3 aliphatic heterocycles. The number of halogens is 1. The van der Waals surface area contributed by atoms with Crippen LogP contribution in [0.3, 0.4) is 0 Å². The fourth-order valence-electron chi connectivity index (χ4n) is 5.27. The molecule has 234 valence electrons. The normalized spacial score (nSPS) is 19.2. The molecule has 2 aromatic carbocycles. The molecule has 12 nitrogen and oxygen atoms in total. The van der Waals surface area contributed by atoms with Gasteiger partial charge in [-0.05, 0) is 36.2 Å². The van der Waals surface area contributed by atoms with Crippen LogP contribution in [-0.4, -0.2) is 73.8 Å². The number of hydrogen-bond donors (Lipinski definition) is 2. The van der Waals surface area contributed by atoms with Crippen LogP contribution in [-0.2, 0) is 33.8 Å². The second kappa shape index (κ2) is 14.3. The number of carbonyl (C=O) groups is 3. The zero-order valence-electron chi connectivity index (χ0n) is 24.6. The maximum Gasteiger partial charge on any atom is 0.258 e. The van der Waals surface area contributed by atoms with Crippen LogP contribution in [0.25, 0.3) is 0 Å². The first-order valence-corrected chi connectivity index (χ1v) is 14.8. The Morgan fingerprint density at radius 3 is 2.68 bits per heavy atom. The predicted octanol–water partition coefficient (Wildman–Crippen LogP) is 3.08. The molecule has 3 amide bonds. The first-order chi connectivity index (χ1) is 21.3. The monoisotopic (exact) mass is 626 g/mol. The number of piperidine rings is 1. The highest BCUT2D eigenvalue weighted by Gasteiger charge is 2.34. The summed E-state index contributed by atoms with van der Waals surface area (Å²) in [5.74, 6) is 1.90. The zero-order chi connectivity index (χ0) is 31.1. The lowest BCUT2D eigenvalue weighted by atomic mass is 10.0. The molecule has 1 aromatic heterocycles. The third-order valence-corrected chi connectivity index (χ3v) is 7.79. The van der Waals surface area contributed by atoms with Gasteiger partial charge in [-0.3, -0.25) is 14.4 Å². The number of likely N-dealkylation sites (tertiary alicyclic amines) is 1. The Balaban J connectivity index is 1.36. The van der Waals surface area contributed by atoms with E-state index in [0.717, 1.165) is 11.1 Å². The van der Waals surface area contributed by atoms with Gasteiger partial charge in [-0.2, -0.15) is 0 Å². The Morgan fingerprint density at radius 1 is 1.07 bits per heavy atom. The second-order valence-corrected chi connectivity index (χ2v) is 11.0. The van der Waals surface area contributed by atoms with Gasteiger partial charge in [-0.25, -0.2) is 0 Å². The average molecular weight is 627 g/mol. The van der Waals surface area contributed by atoms with Crippen LogP contribution >= 0.6 is 11.6 Å².